The molecule has 1 aliphatic heterocycles. The molecule has 8 heteroatoms. The van der Waals surface area contributed by atoms with Crippen LogP contribution in [0.25, 0.3) is 0 Å². The molecule has 1 N–H and O–H groups in total. The molecule has 0 atom stereocenters. The fraction of sp³-hybridized carbons (Fsp3) is 0.478. The van der Waals surface area contributed by atoms with Gasteiger partial charge in [-0.25, -0.2) is 9.37 Å². The maximum atomic E-state index is 13.2. The van der Waals surface area contributed by atoms with E-state index in [9.17, 15) is 4.39 Å². The van der Waals surface area contributed by atoms with Crippen molar-refractivity contribution in [3.8, 4) is 0 Å². The summed E-state index contributed by atoms with van der Waals surface area (Å²) in [5.74, 6) is 1.72. The normalized spacial score (nSPS) is 14.3. The summed E-state index contributed by atoms with van der Waals surface area (Å²) in [7, 11) is 3.90. The molecule has 0 bridgehead atoms. The van der Waals surface area contributed by atoms with Crippen LogP contribution in [0.4, 0.5) is 15.9 Å². The summed E-state index contributed by atoms with van der Waals surface area (Å²) in [6, 6.07) is 10.9. The maximum absolute atomic E-state index is 13.2. The first-order valence-electron chi connectivity index (χ1n) is 10.7. The highest BCUT2D eigenvalue weighted by Crippen LogP contribution is 2.20. The number of hydrogen-bond donors (Lipinski definition) is 1. The van der Waals surface area contributed by atoms with Crippen molar-refractivity contribution in [3.63, 3.8) is 0 Å². The predicted molar refractivity (Wildman–Crippen MR) is 138 cm³/mol. The lowest BCUT2D eigenvalue weighted by Crippen LogP contribution is -2.46. The third-order valence-corrected chi connectivity index (χ3v) is 5.48. The Balaban J connectivity index is 0.00000341. The molecule has 1 aliphatic rings. The summed E-state index contributed by atoms with van der Waals surface area (Å²) < 4.78 is 13.2. The predicted octanol–water partition coefficient (Wildman–Crippen LogP) is 3.97. The topological polar surface area (TPSA) is 47.0 Å². The van der Waals surface area contributed by atoms with Gasteiger partial charge in [0, 0.05) is 65.2 Å². The number of hydrogen-bond acceptors (Lipinski definition) is 4. The first-order valence-corrected chi connectivity index (χ1v) is 10.7. The van der Waals surface area contributed by atoms with Crippen LogP contribution in [0.1, 0.15) is 25.3 Å². The SMILES string of the molecule is CCCCN(C)C(=NC)NCc1ccnc(N2CCN(c3ccc(F)cc3)CC2)c1.I. The molecule has 3 rings (SSSR count). The Hall–Kier alpha value is -2.10. The van der Waals surface area contributed by atoms with E-state index in [0.29, 0.717) is 6.54 Å². The number of guanidine groups is 1. The van der Waals surface area contributed by atoms with Crippen molar-refractivity contribution in [2.75, 3.05) is 56.6 Å². The van der Waals surface area contributed by atoms with Crippen molar-refractivity contribution in [1.29, 1.82) is 0 Å². The highest BCUT2D eigenvalue weighted by molar-refractivity contribution is 14.0. The largest absolute Gasteiger partial charge is 0.368 e. The highest BCUT2D eigenvalue weighted by Gasteiger charge is 2.18. The van der Waals surface area contributed by atoms with Crippen LogP contribution in [0.5, 0.6) is 0 Å². The Morgan fingerprint density at radius 1 is 1.13 bits per heavy atom. The molecule has 1 fully saturated rings. The van der Waals surface area contributed by atoms with Crippen molar-refractivity contribution >= 4 is 41.4 Å². The quantitative estimate of drug-likeness (QED) is 0.327. The second-order valence-corrected chi connectivity index (χ2v) is 7.65. The minimum atomic E-state index is -0.195. The van der Waals surface area contributed by atoms with Gasteiger partial charge in [0.25, 0.3) is 0 Å². The van der Waals surface area contributed by atoms with E-state index in [2.05, 4.69) is 50.0 Å². The van der Waals surface area contributed by atoms with Crippen molar-refractivity contribution in [2.45, 2.75) is 26.3 Å². The summed E-state index contributed by atoms with van der Waals surface area (Å²) in [6.07, 6.45) is 4.20. The van der Waals surface area contributed by atoms with E-state index in [1.54, 1.807) is 0 Å². The Labute approximate surface area is 202 Å². The zero-order chi connectivity index (χ0) is 21.3. The van der Waals surface area contributed by atoms with Gasteiger partial charge in [0.2, 0.25) is 0 Å². The van der Waals surface area contributed by atoms with Gasteiger partial charge in [-0.15, -0.1) is 24.0 Å². The molecular formula is C23H34FIN6. The number of piperazine rings is 1. The van der Waals surface area contributed by atoms with E-state index in [0.717, 1.165) is 56.6 Å². The number of nitrogens with zero attached hydrogens (tertiary/aromatic N) is 5. The van der Waals surface area contributed by atoms with Crippen LogP contribution in [0.2, 0.25) is 0 Å². The van der Waals surface area contributed by atoms with Crippen LogP contribution in [0.3, 0.4) is 0 Å². The monoisotopic (exact) mass is 540 g/mol. The van der Waals surface area contributed by atoms with Gasteiger partial charge in [-0.1, -0.05) is 13.3 Å². The van der Waals surface area contributed by atoms with Gasteiger partial charge in [-0.3, -0.25) is 4.99 Å². The molecule has 1 saturated heterocycles. The first-order chi connectivity index (χ1) is 14.6. The Morgan fingerprint density at radius 2 is 1.81 bits per heavy atom. The van der Waals surface area contributed by atoms with E-state index in [1.165, 1.54) is 24.1 Å². The summed E-state index contributed by atoms with van der Waals surface area (Å²) >= 11 is 0. The number of benzene rings is 1. The summed E-state index contributed by atoms with van der Waals surface area (Å²) in [5, 5.41) is 3.45. The van der Waals surface area contributed by atoms with Crippen LogP contribution in [-0.4, -0.2) is 62.7 Å². The minimum Gasteiger partial charge on any atom is -0.368 e. The van der Waals surface area contributed by atoms with Gasteiger partial charge >= 0.3 is 0 Å². The second-order valence-electron chi connectivity index (χ2n) is 7.65. The summed E-state index contributed by atoms with van der Waals surface area (Å²) in [6.45, 7) is 7.48. The van der Waals surface area contributed by atoms with Crippen molar-refractivity contribution in [1.82, 2.24) is 15.2 Å². The molecule has 6 nitrogen and oxygen atoms in total. The number of aliphatic imine (C=N–C) groups is 1. The van der Waals surface area contributed by atoms with E-state index in [-0.39, 0.29) is 29.8 Å². The molecule has 0 radical (unpaired) electrons. The van der Waals surface area contributed by atoms with E-state index >= 15 is 0 Å². The summed E-state index contributed by atoms with van der Waals surface area (Å²) in [4.78, 5) is 15.7. The minimum absolute atomic E-state index is 0. The van der Waals surface area contributed by atoms with Gasteiger partial charge in [-0.2, -0.15) is 0 Å². The smallest absolute Gasteiger partial charge is 0.193 e. The average Bonchev–Trinajstić information content (AvgIpc) is 2.79. The van der Waals surface area contributed by atoms with Crippen LogP contribution in [-0.2, 0) is 6.54 Å². The number of pyridine rings is 1. The first kappa shape index (κ1) is 25.2. The van der Waals surface area contributed by atoms with Gasteiger partial charge < -0.3 is 20.0 Å². The van der Waals surface area contributed by atoms with E-state index in [1.807, 2.05) is 31.4 Å². The van der Waals surface area contributed by atoms with Crippen molar-refractivity contribution in [3.05, 3.63) is 54.0 Å². The third kappa shape index (κ3) is 7.22. The molecule has 2 aromatic rings. The molecule has 0 saturated carbocycles. The van der Waals surface area contributed by atoms with E-state index < -0.39 is 0 Å². The van der Waals surface area contributed by atoms with Crippen molar-refractivity contribution in [2.24, 2.45) is 4.99 Å². The van der Waals surface area contributed by atoms with Crippen LogP contribution in [0, 0.1) is 5.82 Å². The molecule has 1 aromatic carbocycles. The average molecular weight is 540 g/mol. The van der Waals surface area contributed by atoms with Gasteiger partial charge in [0.05, 0.1) is 0 Å². The number of anilines is 2. The Morgan fingerprint density at radius 3 is 2.45 bits per heavy atom. The maximum Gasteiger partial charge on any atom is 0.193 e. The summed E-state index contributed by atoms with van der Waals surface area (Å²) in [5.41, 5.74) is 2.26. The Kier molecular flexibility index (Phi) is 10.3. The standard InChI is InChI=1S/C23H33FN6.HI/c1-4-5-12-28(3)23(25-2)27-18-19-10-11-26-22(17-19)30-15-13-29(14-16-30)21-8-6-20(24)7-9-21;/h6-11,17H,4-5,12-16,18H2,1-3H3,(H,25,27);1H. The highest BCUT2D eigenvalue weighted by atomic mass is 127. The fourth-order valence-corrected chi connectivity index (χ4v) is 3.66. The number of nitrogens with one attached hydrogen (secondary N) is 1. The molecule has 1 aromatic heterocycles. The van der Waals surface area contributed by atoms with Gasteiger partial charge in [0.1, 0.15) is 11.6 Å². The molecule has 0 aliphatic carbocycles. The molecule has 0 amide bonds. The van der Waals surface area contributed by atoms with Crippen molar-refractivity contribution < 1.29 is 4.39 Å². The lowest BCUT2D eigenvalue weighted by molar-refractivity contribution is 0.464. The van der Waals surface area contributed by atoms with E-state index in [4.69, 9.17) is 0 Å². The zero-order valence-corrected chi connectivity index (χ0v) is 21.1. The molecular weight excluding hydrogens is 506 g/mol. The van der Waals surface area contributed by atoms with Gasteiger partial charge in [0.15, 0.2) is 5.96 Å². The number of aromatic nitrogens is 1. The lowest BCUT2D eigenvalue weighted by Gasteiger charge is -2.36. The molecule has 170 valence electrons. The number of rotatable bonds is 7. The number of halogens is 2. The molecule has 0 spiro atoms. The third-order valence-electron chi connectivity index (χ3n) is 5.48. The molecule has 2 heterocycles. The molecule has 0 unspecified atom stereocenters. The second kappa shape index (κ2) is 12.7. The molecule has 31 heavy (non-hydrogen) atoms. The zero-order valence-electron chi connectivity index (χ0n) is 18.7. The van der Waals surface area contributed by atoms with Gasteiger partial charge in [-0.05, 0) is 48.4 Å². The van der Waals surface area contributed by atoms with Crippen LogP contribution in [0.15, 0.2) is 47.6 Å². The lowest BCUT2D eigenvalue weighted by atomic mass is 10.2. The van der Waals surface area contributed by atoms with Crippen LogP contribution >= 0.6 is 24.0 Å². The number of unbranched alkanes of at least 4 members (excludes halogenated alkanes) is 1. The Bertz CT molecular complexity index is 821. The fourth-order valence-electron chi connectivity index (χ4n) is 3.66. The van der Waals surface area contributed by atoms with Crippen LogP contribution < -0.4 is 15.1 Å².